The van der Waals surface area contributed by atoms with Crippen LogP contribution in [-0.4, -0.2) is 20.4 Å². The molecular weight excluding hydrogens is 283 g/mol. The summed E-state index contributed by atoms with van der Waals surface area (Å²) in [5, 5.41) is 7.69. The highest BCUT2D eigenvalue weighted by Crippen LogP contribution is 2.14. The van der Waals surface area contributed by atoms with E-state index >= 15 is 0 Å². The van der Waals surface area contributed by atoms with Crippen molar-refractivity contribution in [2.24, 2.45) is 5.14 Å². The molecule has 0 aliphatic carbocycles. The number of amides is 1. The van der Waals surface area contributed by atoms with Crippen molar-refractivity contribution >= 4 is 15.9 Å². The minimum atomic E-state index is -4.05. The van der Waals surface area contributed by atoms with Gasteiger partial charge in [0, 0.05) is 11.6 Å². The van der Waals surface area contributed by atoms with Crippen molar-refractivity contribution in [2.75, 3.05) is 0 Å². The molecule has 5 nitrogen and oxygen atoms in total. The van der Waals surface area contributed by atoms with Crippen molar-refractivity contribution in [1.82, 2.24) is 5.32 Å². The number of primary sulfonamides is 1. The molecule has 112 valence electrons. The van der Waals surface area contributed by atoms with Crippen LogP contribution in [0.2, 0.25) is 0 Å². The van der Waals surface area contributed by atoms with E-state index < -0.39 is 26.6 Å². The summed E-state index contributed by atoms with van der Waals surface area (Å²) >= 11 is 0. The molecule has 1 atom stereocenters. The van der Waals surface area contributed by atoms with E-state index in [0.29, 0.717) is 0 Å². The molecule has 1 unspecified atom stereocenters. The fourth-order valence-corrected chi connectivity index (χ4v) is 2.42. The van der Waals surface area contributed by atoms with Gasteiger partial charge in [0.05, 0.1) is 4.90 Å². The predicted octanol–water partition coefficient (Wildman–Crippen LogP) is 1.78. The maximum absolute atomic E-state index is 13.4. The van der Waals surface area contributed by atoms with Crippen LogP contribution in [0.3, 0.4) is 0 Å². The molecule has 1 amide bonds. The zero-order valence-electron chi connectivity index (χ0n) is 11.5. The number of rotatable bonds is 6. The van der Waals surface area contributed by atoms with Crippen LogP contribution < -0.4 is 10.5 Å². The van der Waals surface area contributed by atoms with Gasteiger partial charge in [0.25, 0.3) is 5.91 Å². The zero-order valence-corrected chi connectivity index (χ0v) is 12.3. The van der Waals surface area contributed by atoms with Gasteiger partial charge in [-0.05, 0) is 31.0 Å². The molecule has 0 saturated heterocycles. The number of halogens is 1. The first-order valence-electron chi connectivity index (χ1n) is 6.42. The van der Waals surface area contributed by atoms with E-state index in [1.54, 1.807) is 0 Å². The number of hydrogen-bond acceptors (Lipinski definition) is 3. The second-order valence-corrected chi connectivity index (χ2v) is 6.15. The minimum Gasteiger partial charge on any atom is -0.349 e. The lowest BCUT2D eigenvalue weighted by atomic mass is 10.1. The van der Waals surface area contributed by atoms with E-state index in [0.717, 1.165) is 37.5 Å². The molecule has 0 fully saturated rings. The summed E-state index contributed by atoms with van der Waals surface area (Å²) < 4.78 is 35.8. The molecule has 0 aromatic heterocycles. The number of carbonyl (C=O) groups is 1. The Hall–Kier alpha value is -1.47. The van der Waals surface area contributed by atoms with Gasteiger partial charge >= 0.3 is 0 Å². The molecule has 0 radical (unpaired) electrons. The summed E-state index contributed by atoms with van der Waals surface area (Å²) in [5.41, 5.74) is -0.0522. The maximum atomic E-state index is 13.4. The molecule has 1 aromatic rings. The Morgan fingerprint density at radius 2 is 2.00 bits per heavy atom. The number of sulfonamides is 1. The summed E-state index contributed by atoms with van der Waals surface area (Å²) in [4.78, 5) is 11.6. The van der Waals surface area contributed by atoms with Crippen molar-refractivity contribution in [2.45, 2.75) is 44.0 Å². The van der Waals surface area contributed by atoms with Gasteiger partial charge in [-0.15, -0.1) is 0 Å². The maximum Gasteiger partial charge on any atom is 0.251 e. The number of benzene rings is 1. The molecule has 0 saturated carbocycles. The van der Waals surface area contributed by atoms with Gasteiger partial charge in [0.1, 0.15) is 5.82 Å². The highest BCUT2D eigenvalue weighted by molar-refractivity contribution is 7.89. The molecule has 0 aliphatic rings. The van der Waals surface area contributed by atoms with Crippen molar-refractivity contribution < 1.29 is 17.6 Å². The predicted molar refractivity (Wildman–Crippen MR) is 74.2 cm³/mol. The standard InChI is InChI=1S/C13H19FN2O3S/c1-3-5-11(4-2)16-13(17)9-6-10(14)8-12(7-9)20(15,18)19/h6-8,11H,3-5H2,1-2H3,(H,16,17)(H2,15,18,19). The molecule has 0 heterocycles. The smallest absolute Gasteiger partial charge is 0.251 e. The van der Waals surface area contributed by atoms with Crippen LogP contribution in [0, 0.1) is 5.82 Å². The topological polar surface area (TPSA) is 89.3 Å². The molecular formula is C13H19FN2O3S. The Bertz CT molecular complexity index is 587. The van der Waals surface area contributed by atoms with Gasteiger partial charge in [-0.25, -0.2) is 17.9 Å². The Morgan fingerprint density at radius 1 is 1.35 bits per heavy atom. The summed E-state index contributed by atoms with van der Waals surface area (Å²) in [5.74, 6) is -1.32. The average Bonchev–Trinajstić information content (AvgIpc) is 2.36. The van der Waals surface area contributed by atoms with Crippen LogP contribution >= 0.6 is 0 Å². The first kappa shape index (κ1) is 16.6. The monoisotopic (exact) mass is 302 g/mol. The molecule has 0 bridgehead atoms. The number of nitrogens with one attached hydrogen (secondary N) is 1. The van der Waals surface area contributed by atoms with Crippen LogP contribution in [0.15, 0.2) is 23.1 Å². The minimum absolute atomic E-state index is 0.0197. The van der Waals surface area contributed by atoms with Crippen LogP contribution in [0.4, 0.5) is 4.39 Å². The molecule has 3 N–H and O–H groups in total. The second kappa shape index (κ2) is 6.81. The van der Waals surface area contributed by atoms with E-state index in [4.69, 9.17) is 5.14 Å². The highest BCUT2D eigenvalue weighted by Gasteiger charge is 2.16. The fourth-order valence-electron chi connectivity index (χ4n) is 1.85. The average molecular weight is 302 g/mol. The summed E-state index contributed by atoms with van der Waals surface area (Å²) in [7, 11) is -4.05. The van der Waals surface area contributed by atoms with Gasteiger partial charge in [0.15, 0.2) is 0 Å². The normalized spacial score (nSPS) is 13.0. The Labute approximate surface area is 118 Å². The largest absolute Gasteiger partial charge is 0.349 e. The first-order chi connectivity index (χ1) is 9.27. The molecule has 1 aromatic carbocycles. The Kier molecular flexibility index (Phi) is 5.64. The molecule has 0 spiro atoms. The lowest BCUT2D eigenvalue weighted by molar-refractivity contribution is 0.0933. The summed E-state index contributed by atoms with van der Waals surface area (Å²) in [6.45, 7) is 3.93. The van der Waals surface area contributed by atoms with Gasteiger partial charge in [-0.3, -0.25) is 4.79 Å². The van der Waals surface area contributed by atoms with E-state index in [1.807, 2.05) is 13.8 Å². The van der Waals surface area contributed by atoms with Gasteiger partial charge < -0.3 is 5.32 Å². The lowest BCUT2D eigenvalue weighted by Gasteiger charge is -2.16. The SMILES string of the molecule is CCCC(CC)NC(=O)c1cc(F)cc(S(N)(=O)=O)c1. The van der Waals surface area contributed by atoms with E-state index in [1.165, 1.54) is 0 Å². The lowest BCUT2D eigenvalue weighted by Crippen LogP contribution is -2.34. The first-order valence-corrected chi connectivity index (χ1v) is 7.96. The quantitative estimate of drug-likeness (QED) is 0.839. The summed E-state index contributed by atoms with van der Waals surface area (Å²) in [6.07, 6.45) is 2.46. The molecule has 0 aliphatic heterocycles. The van der Waals surface area contributed by atoms with E-state index in [-0.39, 0.29) is 11.6 Å². The van der Waals surface area contributed by atoms with E-state index in [2.05, 4.69) is 5.32 Å². The van der Waals surface area contributed by atoms with Crippen molar-refractivity contribution in [1.29, 1.82) is 0 Å². The second-order valence-electron chi connectivity index (χ2n) is 4.59. The third-order valence-corrected chi connectivity index (χ3v) is 3.82. The molecule has 7 heteroatoms. The number of carbonyl (C=O) groups excluding carboxylic acids is 1. The van der Waals surface area contributed by atoms with Crippen molar-refractivity contribution in [3.05, 3.63) is 29.6 Å². The van der Waals surface area contributed by atoms with Crippen LogP contribution in [-0.2, 0) is 10.0 Å². The summed E-state index contributed by atoms with van der Waals surface area (Å²) in [6, 6.07) is 2.83. The van der Waals surface area contributed by atoms with Gasteiger partial charge in [0.2, 0.25) is 10.0 Å². The zero-order chi connectivity index (χ0) is 15.3. The van der Waals surface area contributed by atoms with Crippen molar-refractivity contribution in [3.63, 3.8) is 0 Å². The number of nitrogens with two attached hydrogens (primary N) is 1. The third-order valence-electron chi connectivity index (χ3n) is 2.93. The Morgan fingerprint density at radius 3 is 2.50 bits per heavy atom. The van der Waals surface area contributed by atoms with Crippen LogP contribution in [0.5, 0.6) is 0 Å². The Balaban J connectivity index is 3.02. The number of hydrogen-bond donors (Lipinski definition) is 2. The van der Waals surface area contributed by atoms with Crippen LogP contribution in [0.1, 0.15) is 43.5 Å². The highest BCUT2D eigenvalue weighted by atomic mass is 32.2. The molecule has 1 rings (SSSR count). The molecule has 20 heavy (non-hydrogen) atoms. The van der Waals surface area contributed by atoms with Gasteiger partial charge in [-0.1, -0.05) is 20.3 Å². The van der Waals surface area contributed by atoms with E-state index in [9.17, 15) is 17.6 Å². The fraction of sp³-hybridized carbons (Fsp3) is 0.462. The van der Waals surface area contributed by atoms with Crippen LogP contribution in [0.25, 0.3) is 0 Å². The van der Waals surface area contributed by atoms with Gasteiger partial charge in [-0.2, -0.15) is 0 Å². The third kappa shape index (κ3) is 4.57. The van der Waals surface area contributed by atoms with Crippen molar-refractivity contribution in [3.8, 4) is 0 Å².